The van der Waals surface area contributed by atoms with E-state index in [4.69, 9.17) is 0 Å². The molecule has 1 saturated heterocycles. The number of thiophene rings is 1. The molecule has 16 heavy (non-hydrogen) atoms. The van der Waals surface area contributed by atoms with E-state index in [9.17, 15) is 4.79 Å². The Morgan fingerprint density at radius 2 is 2.38 bits per heavy atom. The van der Waals surface area contributed by atoms with Crippen molar-refractivity contribution in [3.63, 3.8) is 0 Å². The van der Waals surface area contributed by atoms with Crippen LogP contribution in [0.15, 0.2) is 15.9 Å². The zero-order valence-electron chi connectivity index (χ0n) is 9.20. The molecule has 1 fully saturated rings. The molecule has 2 heterocycles. The molecule has 0 radical (unpaired) electrons. The lowest BCUT2D eigenvalue weighted by atomic mass is 10.0. The molecule has 88 valence electrons. The highest BCUT2D eigenvalue weighted by molar-refractivity contribution is 9.11. The van der Waals surface area contributed by atoms with Crippen molar-refractivity contribution in [2.75, 3.05) is 19.6 Å². The number of nitrogens with one attached hydrogen (secondary N) is 1. The summed E-state index contributed by atoms with van der Waals surface area (Å²) >= 11 is 5.13. The number of rotatable bonds is 4. The van der Waals surface area contributed by atoms with Crippen LogP contribution in [0.2, 0.25) is 0 Å². The molecular formula is C11H15BrN2OS. The molecule has 0 aliphatic carbocycles. The number of halogens is 1. The first kappa shape index (κ1) is 12.1. The lowest BCUT2D eigenvalue weighted by Crippen LogP contribution is -2.51. The highest BCUT2D eigenvalue weighted by atomic mass is 79.9. The van der Waals surface area contributed by atoms with Crippen molar-refractivity contribution in [3.8, 4) is 0 Å². The van der Waals surface area contributed by atoms with Gasteiger partial charge in [-0.2, -0.15) is 0 Å². The molecule has 1 aliphatic heterocycles. The normalized spacial score (nSPS) is 15.9. The molecule has 0 atom stereocenters. The minimum Gasteiger partial charge on any atom is -0.338 e. The van der Waals surface area contributed by atoms with Crippen LogP contribution in [0.5, 0.6) is 0 Å². The second kappa shape index (κ2) is 5.29. The number of hydrogen-bond donors (Lipinski definition) is 1. The van der Waals surface area contributed by atoms with Gasteiger partial charge in [-0.3, -0.25) is 4.79 Å². The number of hydrogen-bond acceptors (Lipinski definition) is 3. The quantitative estimate of drug-likeness (QED) is 0.923. The Hall–Kier alpha value is -0.390. The number of amides is 1. The maximum absolute atomic E-state index is 12.0. The molecular weight excluding hydrogens is 288 g/mol. The van der Waals surface area contributed by atoms with Crippen LogP contribution in [0.1, 0.15) is 11.8 Å². The van der Waals surface area contributed by atoms with Gasteiger partial charge in [-0.25, -0.2) is 0 Å². The minimum absolute atomic E-state index is 0.198. The van der Waals surface area contributed by atoms with Crippen LogP contribution in [0.3, 0.4) is 0 Å². The third kappa shape index (κ3) is 2.64. The first-order chi connectivity index (χ1) is 7.70. The van der Waals surface area contributed by atoms with E-state index < -0.39 is 0 Å². The predicted molar refractivity (Wildman–Crippen MR) is 69.5 cm³/mol. The first-order valence-corrected chi connectivity index (χ1v) is 7.05. The van der Waals surface area contributed by atoms with Crippen LogP contribution in [0.25, 0.3) is 0 Å². The number of carbonyl (C=O) groups excluding carboxylic acids is 1. The Morgan fingerprint density at radius 3 is 2.81 bits per heavy atom. The Kier molecular flexibility index (Phi) is 4.00. The van der Waals surface area contributed by atoms with Crippen LogP contribution in [-0.2, 0) is 11.3 Å². The van der Waals surface area contributed by atoms with Crippen molar-refractivity contribution >= 4 is 33.2 Å². The lowest BCUT2D eigenvalue weighted by Gasteiger charge is -2.31. The second-order valence-corrected chi connectivity index (χ2v) is 6.46. The Morgan fingerprint density at radius 1 is 1.62 bits per heavy atom. The Bertz CT molecular complexity index is 376. The average molecular weight is 303 g/mol. The fourth-order valence-electron chi connectivity index (χ4n) is 1.69. The molecule has 0 aromatic carbocycles. The van der Waals surface area contributed by atoms with E-state index in [1.807, 2.05) is 17.9 Å². The highest BCUT2D eigenvalue weighted by Gasteiger charge is 2.28. The SMILES string of the molecule is CCN(Cc1ccc(Br)s1)C(=O)C1CNC1. The summed E-state index contributed by atoms with van der Waals surface area (Å²) in [7, 11) is 0. The van der Waals surface area contributed by atoms with Gasteiger partial charge in [0.25, 0.3) is 0 Å². The van der Waals surface area contributed by atoms with E-state index in [0.717, 1.165) is 30.0 Å². The maximum atomic E-state index is 12.0. The molecule has 0 bridgehead atoms. The van der Waals surface area contributed by atoms with Gasteiger partial charge in [0.15, 0.2) is 0 Å². The lowest BCUT2D eigenvalue weighted by molar-refractivity contribution is -0.137. The van der Waals surface area contributed by atoms with Crippen molar-refractivity contribution in [3.05, 3.63) is 20.8 Å². The molecule has 2 rings (SSSR count). The van der Waals surface area contributed by atoms with Gasteiger partial charge in [-0.1, -0.05) is 0 Å². The zero-order valence-corrected chi connectivity index (χ0v) is 11.6. The maximum Gasteiger partial charge on any atom is 0.228 e. The standard InChI is InChI=1S/C11H15BrN2OS/c1-2-14(11(15)8-5-13-6-8)7-9-3-4-10(12)16-9/h3-4,8,13H,2,5-7H2,1H3. The van der Waals surface area contributed by atoms with E-state index >= 15 is 0 Å². The smallest absolute Gasteiger partial charge is 0.228 e. The van der Waals surface area contributed by atoms with Crippen molar-refractivity contribution in [2.45, 2.75) is 13.5 Å². The minimum atomic E-state index is 0.198. The van der Waals surface area contributed by atoms with Gasteiger partial charge in [-0.15, -0.1) is 11.3 Å². The molecule has 1 aromatic rings. The van der Waals surface area contributed by atoms with Crippen molar-refractivity contribution in [1.82, 2.24) is 10.2 Å². The molecule has 5 heteroatoms. The van der Waals surface area contributed by atoms with Crippen LogP contribution in [-0.4, -0.2) is 30.4 Å². The van der Waals surface area contributed by atoms with Crippen LogP contribution >= 0.6 is 27.3 Å². The van der Waals surface area contributed by atoms with Crippen molar-refractivity contribution < 1.29 is 4.79 Å². The van der Waals surface area contributed by atoms with E-state index in [2.05, 4.69) is 27.3 Å². The fraction of sp³-hybridized carbons (Fsp3) is 0.545. The first-order valence-electron chi connectivity index (χ1n) is 5.44. The van der Waals surface area contributed by atoms with E-state index in [1.165, 1.54) is 4.88 Å². The molecule has 1 aliphatic rings. The van der Waals surface area contributed by atoms with Crippen molar-refractivity contribution in [1.29, 1.82) is 0 Å². The van der Waals surface area contributed by atoms with Gasteiger partial charge in [0.05, 0.1) is 16.2 Å². The summed E-state index contributed by atoms with van der Waals surface area (Å²) in [6.45, 7) is 5.23. The number of carbonyl (C=O) groups is 1. The van der Waals surface area contributed by atoms with Crippen LogP contribution < -0.4 is 5.32 Å². The van der Waals surface area contributed by atoms with E-state index in [-0.39, 0.29) is 11.8 Å². The summed E-state index contributed by atoms with van der Waals surface area (Å²) in [5.41, 5.74) is 0. The molecule has 1 N–H and O–H groups in total. The highest BCUT2D eigenvalue weighted by Crippen LogP contribution is 2.24. The summed E-state index contributed by atoms with van der Waals surface area (Å²) in [5, 5.41) is 3.14. The Labute approximate surface area is 108 Å². The summed E-state index contributed by atoms with van der Waals surface area (Å²) in [5.74, 6) is 0.481. The molecule has 3 nitrogen and oxygen atoms in total. The summed E-state index contributed by atoms with van der Waals surface area (Å²) in [6, 6.07) is 4.10. The van der Waals surface area contributed by atoms with Crippen molar-refractivity contribution in [2.24, 2.45) is 5.92 Å². The molecule has 1 aromatic heterocycles. The topological polar surface area (TPSA) is 32.3 Å². The van der Waals surface area contributed by atoms with Crippen LogP contribution in [0.4, 0.5) is 0 Å². The molecule has 0 saturated carbocycles. The zero-order chi connectivity index (χ0) is 11.5. The molecule has 0 unspecified atom stereocenters. The third-order valence-electron chi connectivity index (χ3n) is 2.80. The Balaban J connectivity index is 1.96. The summed E-state index contributed by atoms with van der Waals surface area (Å²) < 4.78 is 1.12. The van der Waals surface area contributed by atoms with Gasteiger partial charge in [-0.05, 0) is 35.0 Å². The van der Waals surface area contributed by atoms with Gasteiger partial charge >= 0.3 is 0 Å². The molecule has 0 spiro atoms. The third-order valence-corrected chi connectivity index (χ3v) is 4.41. The average Bonchev–Trinajstić information content (AvgIpc) is 2.57. The van der Waals surface area contributed by atoms with Gasteiger partial charge in [0, 0.05) is 24.5 Å². The van der Waals surface area contributed by atoms with E-state index in [1.54, 1.807) is 11.3 Å². The predicted octanol–water partition coefficient (Wildman–Crippen LogP) is 2.08. The fourth-order valence-corrected chi connectivity index (χ4v) is 3.19. The van der Waals surface area contributed by atoms with Crippen LogP contribution in [0, 0.1) is 5.92 Å². The van der Waals surface area contributed by atoms with Gasteiger partial charge < -0.3 is 10.2 Å². The largest absolute Gasteiger partial charge is 0.338 e. The number of nitrogens with zero attached hydrogens (tertiary/aromatic N) is 1. The monoisotopic (exact) mass is 302 g/mol. The van der Waals surface area contributed by atoms with Gasteiger partial charge in [0.1, 0.15) is 0 Å². The second-order valence-electron chi connectivity index (χ2n) is 3.91. The summed E-state index contributed by atoms with van der Waals surface area (Å²) in [6.07, 6.45) is 0. The van der Waals surface area contributed by atoms with E-state index in [0.29, 0.717) is 0 Å². The van der Waals surface area contributed by atoms with Gasteiger partial charge in [0.2, 0.25) is 5.91 Å². The summed E-state index contributed by atoms with van der Waals surface area (Å²) in [4.78, 5) is 15.2. The molecule has 1 amide bonds.